The maximum absolute atomic E-state index is 4.52. The van der Waals surface area contributed by atoms with Crippen molar-refractivity contribution in [3.63, 3.8) is 0 Å². The Balaban J connectivity index is -0.000000480. The molecule has 28 heavy (non-hydrogen) atoms. The van der Waals surface area contributed by atoms with E-state index in [1.165, 1.54) is 0 Å². The second kappa shape index (κ2) is 13.2. The lowest BCUT2D eigenvalue weighted by Crippen LogP contribution is -2.02. The van der Waals surface area contributed by atoms with E-state index in [0.29, 0.717) is 23.0 Å². The van der Waals surface area contributed by atoms with E-state index in [2.05, 4.69) is 35.3 Å². The number of nitrogens with zero attached hydrogens (tertiary/aromatic N) is 7. The number of pyridine rings is 1. The minimum Gasteiger partial charge on any atom is -0.412 e. The van der Waals surface area contributed by atoms with Gasteiger partial charge in [-0.2, -0.15) is 10.2 Å². The van der Waals surface area contributed by atoms with Crippen LogP contribution in [0, 0.1) is 27.7 Å². The minimum absolute atomic E-state index is 0. The molecule has 3 rings (SSSR count). The van der Waals surface area contributed by atoms with Crippen molar-refractivity contribution in [1.29, 1.82) is 0 Å². The van der Waals surface area contributed by atoms with Crippen LogP contribution in [0.15, 0.2) is 18.2 Å². The van der Waals surface area contributed by atoms with E-state index in [1.54, 1.807) is 0 Å². The Labute approximate surface area is 160 Å². The molecule has 0 fully saturated rings. The van der Waals surface area contributed by atoms with Crippen LogP contribution in [0.5, 0.6) is 0 Å². The van der Waals surface area contributed by atoms with Crippen LogP contribution in [-0.2, 0) is 0 Å². The summed E-state index contributed by atoms with van der Waals surface area (Å²) < 4.78 is 0. The SMILES string of the molecule is Cc1nnc(-c2cccc(-c3nnc(C)c(C)n3)n2)nc1C.O.O.O.O.O.O. The van der Waals surface area contributed by atoms with Crippen molar-refractivity contribution >= 4 is 0 Å². The molecule has 12 N–H and O–H groups in total. The van der Waals surface area contributed by atoms with Gasteiger partial charge in [-0.1, -0.05) is 6.07 Å². The van der Waals surface area contributed by atoms with Crippen molar-refractivity contribution in [3.05, 3.63) is 41.0 Å². The molecule has 0 saturated heterocycles. The lowest BCUT2D eigenvalue weighted by molar-refractivity contribution is 0.823. The van der Waals surface area contributed by atoms with Gasteiger partial charge in [0.2, 0.25) is 11.6 Å². The second-order valence-electron chi connectivity index (χ2n) is 5.02. The molecule has 13 nitrogen and oxygen atoms in total. The van der Waals surface area contributed by atoms with Gasteiger partial charge in [0.25, 0.3) is 0 Å². The Morgan fingerprint density at radius 3 is 1.14 bits per heavy atom. The summed E-state index contributed by atoms with van der Waals surface area (Å²) in [6, 6.07) is 5.54. The molecule has 3 aromatic heterocycles. The third kappa shape index (κ3) is 6.58. The first-order valence-corrected chi connectivity index (χ1v) is 6.88. The van der Waals surface area contributed by atoms with Crippen LogP contribution < -0.4 is 0 Å². The molecule has 3 heterocycles. The van der Waals surface area contributed by atoms with Crippen LogP contribution in [-0.4, -0.2) is 68.2 Å². The normalized spacial score (nSPS) is 8.43. The largest absolute Gasteiger partial charge is 0.412 e. The van der Waals surface area contributed by atoms with E-state index in [9.17, 15) is 0 Å². The Morgan fingerprint density at radius 2 is 0.821 bits per heavy atom. The highest BCUT2D eigenvalue weighted by atomic mass is 16.0. The summed E-state index contributed by atoms with van der Waals surface area (Å²) in [5, 5.41) is 16.4. The first kappa shape index (κ1) is 32.6. The number of hydrogen-bond acceptors (Lipinski definition) is 7. The summed E-state index contributed by atoms with van der Waals surface area (Å²) in [5.41, 5.74) is 4.55. The molecule has 0 aliphatic carbocycles. The van der Waals surface area contributed by atoms with Gasteiger partial charge in [-0.05, 0) is 39.8 Å². The second-order valence-corrected chi connectivity index (χ2v) is 5.02. The number of hydrogen-bond donors (Lipinski definition) is 0. The van der Waals surface area contributed by atoms with Gasteiger partial charge in [-0.15, -0.1) is 10.2 Å². The lowest BCUT2D eigenvalue weighted by atomic mass is 10.2. The van der Waals surface area contributed by atoms with Gasteiger partial charge >= 0.3 is 0 Å². The van der Waals surface area contributed by atoms with Crippen LogP contribution in [0.2, 0.25) is 0 Å². The van der Waals surface area contributed by atoms with E-state index in [1.807, 2.05) is 45.9 Å². The summed E-state index contributed by atoms with van der Waals surface area (Å²) in [6.07, 6.45) is 0. The first-order chi connectivity index (χ1) is 10.5. The highest BCUT2D eigenvalue weighted by Gasteiger charge is 2.10. The number of aryl methyl sites for hydroxylation is 4. The zero-order valence-corrected chi connectivity index (χ0v) is 15.9. The zero-order chi connectivity index (χ0) is 15.7. The highest BCUT2D eigenvalue weighted by Crippen LogP contribution is 2.18. The fraction of sp³-hybridized carbons (Fsp3) is 0.267. The summed E-state index contributed by atoms with van der Waals surface area (Å²) in [7, 11) is 0. The van der Waals surface area contributed by atoms with Crippen LogP contribution in [0.25, 0.3) is 23.0 Å². The molecule has 0 aliphatic rings. The third-order valence-electron chi connectivity index (χ3n) is 3.39. The van der Waals surface area contributed by atoms with Crippen molar-refractivity contribution in [2.24, 2.45) is 0 Å². The van der Waals surface area contributed by atoms with Crippen molar-refractivity contribution in [1.82, 2.24) is 35.3 Å². The van der Waals surface area contributed by atoms with Gasteiger partial charge in [-0.3, -0.25) is 0 Å². The molecule has 0 aliphatic heterocycles. The highest BCUT2D eigenvalue weighted by molar-refractivity contribution is 5.57. The predicted octanol–water partition coefficient (Wildman–Crippen LogP) is -2.93. The summed E-state index contributed by atoms with van der Waals surface area (Å²) in [4.78, 5) is 13.4. The van der Waals surface area contributed by atoms with E-state index in [4.69, 9.17) is 0 Å². The molecule has 0 atom stereocenters. The maximum Gasteiger partial charge on any atom is 0.200 e. The fourth-order valence-corrected chi connectivity index (χ4v) is 1.81. The minimum atomic E-state index is 0. The predicted molar refractivity (Wildman–Crippen MR) is 103 cm³/mol. The zero-order valence-electron chi connectivity index (χ0n) is 15.9. The van der Waals surface area contributed by atoms with Crippen molar-refractivity contribution < 1.29 is 32.9 Å². The molecule has 0 aromatic carbocycles. The van der Waals surface area contributed by atoms with Gasteiger partial charge in [0.1, 0.15) is 11.4 Å². The molecule has 0 bridgehead atoms. The molecule has 0 unspecified atom stereocenters. The van der Waals surface area contributed by atoms with Crippen molar-refractivity contribution in [2.45, 2.75) is 27.7 Å². The van der Waals surface area contributed by atoms with Gasteiger partial charge < -0.3 is 32.9 Å². The molecule has 3 aromatic rings. The monoisotopic (exact) mass is 401 g/mol. The Hall–Kier alpha value is -3.07. The summed E-state index contributed by atoms with van der Waals surface area (Å²) >= 11 is 0. The summed E-state index contributed by atoms with van der Waals surface area (Å²) in [5.74, 6) is 0.975. The lowest BCUT2D eigenvalue weighted by Gasteiger charge is -2.05. The standard InChI is InChI=1S/C15H15N7.6H2O/c1-8-10(3)19-21-14(16-8)12-6-5-7-13(18-12)15-17-9(2)11(4)20-22-15;;;;;;/h5-7H,1-4H3;6*1H2. The Kier molecular flexibility index (Phi) is 15.3. The van der Waals surface area contributed by atoms with Crippen LogP contribution in [0.1, 0.15) is 22.8 Å². The molecule has 0 saturated carbocycles. The molecule has 0 spiro atoms. The first-order valence-electron chi connectivity index (χ1n) is 6.88. The Morgan fingerprint density at radius 1 is 0.464 bits per heavy atom. The van der Waals surface area contributed by atoms with E-state index < -0.39 is 0 Å². The van der Waals surface area contributed by atoms with E-state index >= 15 is 0 Å². The molecular formula is C15H27N7O6. The molecule has 13 heteroatoms. The van der Waals surface area contributed by atoms with Gasteiger partial charge in [0.15, 0.2) is 0 Å². The Bertz CT molecular complexity index is 799. The maximum atomic E-state index is 4.52. The number of rotatable bonds is 2. The molecular weight excluding hydrogens is 374 g/mol. The van der Waals surface area contributed by atoms with Crippen molar-refractivity contribution in [3.8, 4) is 23.0 Å². The number of aromatic nitrogens is 7. The fourth-order valence-electron chi connectivity index (χ4n) is 1.81. The van der Waals surface area contributed by atoms with Crippen molar-refractivity contribution in [2.75, 3.05) is 0 Å². The molecule has 0 radical (unpaired) electrons. The third-order valence-corrected chi connectivity index (χ3v) is 3.39. The average molecular weight is 401 g/mol. The van der Waals surface area contributed by atoms with Crippen LogP contribution in [0.4, 0.5) is 0 Å². The topological polar surface area (TPSA) is 279 Å². The van der Waals surface area contributed by atoms with Crippen LogP contribution in [0.3, 0.4) is 0 Å². The van der Waals surface area contributed by atoms with Crippen LogP contribution >= 0.6 is 0 Å². The quantitative estimate of drug-likeness (QED) is 0.430. The smallest absolute Gasteiger partial charge is 0.200 e. The molecule has 158 valence electrons. The van der Waals surface area contributed by atoms with Gasteiger partial charge in [0.05, 0.1) is 22.8 Å². The van der Waals surface area contributed by atoms with E-state index in [-0.39, 0.29) is 32.9 Å². The average Bonchev–Trinajstić information content (AvgIpc) is 2.53. The van der Waals surface area contributed by atoms with Gasteiger partial charge in [0, 0.05) is 0 Å². The molecule has 0 amide bonds. The van der Waals surface area contributed by atoms with E-state index in [0.717, 1.165) is 22.8 Å². The summed E-state index contributed by atoms with van der Waals surface area (Å²) in [6.45, 7) is 7.54. The van der Waals surface area contributed by atoms with Gasteiger partial charge in [-0.25, -0.2) is 15.0 Å².